The fourth-order valence-corrected chi connectivity index (χ4v) is 4.07. The van der Waals surface area contributed by atoms with Crippen LogP contribution in [-0.4, -0.2) is 28.4 Å². The smallest absolute Gasteiger partial charge is 0.193 e. The van der Waals surface area contributed by atoms with Gasteiger partial charge in [-0.3, -0.25) is 9.39 Å². The molecule has 1 aliphatic carbocycles. The van der Waals surface area contributed by atoms with Gasteiger partial charge in [0.1, 0.15) is 0 Å². The number of nitrogens with one attached hydrogen (secondary N) is 2. The first-order valence-electron chi connectivity index (χ1n) is 8.54. The van der Waals surface area contributed by atoms with Gasteiger partial charge >= 0.3 is 0 Å². The quantitative estimate of drug-likeness (QED) is 0.667. The second-order valence-electron chi connectivity index (χ2n) is 6.75. The maximum atomic E-state index is 4.59. The van der Waals surface area contributed by atoms with Crippen molar-refractivity contribution in [3.8, 4) is 0 Å². The van der Waals surface area contributed by atoms with E-state index in [2.05, 4.69) is 45.1 Å². The van der Waals surface area contributed by atoms with Gasteiger partial charge < -0.3 is 10.6 Å². The summed E-state index contributed by atoms with van der Waals surface area (Å²) in [7, 11) is 1.83. The minimum atomic E-state index is 0.543. The third kappa shape index (κ3) is 4.05. The van der Waals surface area contributed by atoms with Crippen molar-refractivity contribution in [2.24, 2.45) is 16.8 Å². The minimum Gasteiger partial charge on any atom is -0.354 e. The van der Waals surface area contributed by atoms with Crippen molar-refractivity contribution in [2.75, 3.05) is 7.05 Å². The lowest BCUT2D eigenvalue weighted by Gasteiger charge is -2.32. The van der Waals surface area contributed by atoms with Crippen LogP contribution < -0.4 is 10.6 Å². The summed E-state index contributed by atoms with van der Waals surface area (Å²) in [5.41, 5.74) is 1.04. The van der Waals surface area contributed by atoms with Crippen LogP contribution in [0, 0.1) is 11.8 Å². The number of rotatable bonds is 4. The summed E-state index contributed by atoms with van der Waals surface area (Å²) in [5, 5.41) is 9.00. The van der Waals surface area contributed by atoms with Crippen molar-refractivity contribution in [2.45, 2.75) is 52.1 Å². The Morgan fingerprint density at radius 3 is 2.83 bits per heavy atom. The molecule has 126 valence electrons. The zero-order valence-corrected chi connectivity index (χ0v) is 15.1. The lowest BCUT2D eigenvalue weighted by Crippen LogP contribution is -2.44. The molecule has 5 nitrogen and oxygen atoms in total. The van der Waals surface area contributed by atoms with E-state index >= 15 is 0 Å². The average Bonchev–Trinajstić information content (AvgIpc) is 3.13. The van der Waals surface area contributed by atoms with Crippen molar-refractivity contribution in [3.05, 3.63) is 23.5 Å². The van der Waals surface area contributed by atoms with Crippen LogP contribution in [0.2, 0.25) is 0 Å². The molecule has 0 saturated heterocycles. The molecule has 2 heterocycles. The maximum Gasteiger partial charge on any atom is 0.193 e. The second kappa shape index (κ2) is 7.34. The Balaban J connectivity index is 1.48. The van der Waals surface area contributed by atoms with Crippen LogP contribution in [0.5, 0.6) is 0 Å². The molecular formula is C17H27N5S. The van der Waals surface area contributed by atoms with Crippen molar-refractivity contribution in [3.63, 3.8) is 0 Å². The van der Waals surface area contributed by atoms with Gasteiger partial charge in [-0.15, -0.1) is 11.3 Å². The normalized spacial score (nSPS) is 22.7. The number of guanidine groups is 1. The molecule has 2 N–H and O–H groups in total. The molecule has 6 heteroatoms. The van der Waals surface area contributed by atoms with E-state index in [1.807, 2.05) is 18.6 Å². The Bertz CT molecular complexity index is 620. The summed E-state index contributed by atoms with van der Waals surface area (Å²) in [6.07, 6.45) is 9.23. The van der Waals surface area contributed by atoms with E-state index in [1.165, 1.54) is 25.7 Å². The molecule has 2 aromatic heterocycles. The molecule has 0 atom stereocenters. The predicted octanol–water partition coefficient (Wildman–Crippen LogP) is 3.28. The van der Waals surface area contributed by atoms with E-state index in [0.29, 0.717) is 12.6 Å². The number of fused-ring (bicyclic) bond motifs is 1. The molecule has 0 aromatic carbocycles. The summed E-state index contributed by atoms with van der Waals surface area (Å²) in [4.78, 5) is 9.99. The fourth-order valence-electron chi connectivity index (χ4n) is 3.35. The lowest BCUT2D eigenvalue weighted by molar-refractivity contribution is 0.250. The highest BCUT2D eigenvalue weighted by Crippen LogP contribution is 2.29. The van der Waals surface area contributed by atoms with E-state index in [1.54, 1.807) is 11.3 Å². The summed E-state index contributed by atoms with van der Waals surface area (Å²) < 4.78 is 2.06. The predicted molar refractivity (Wildman–Crippen MR) is 97.0 cm³/mol. The van der Waals surface area contributed by atoms with E-state index < -0.39 is 0 Å². The Hall–Kier alpha value is -1.56. The molecule has 1 aliphatic rings. The number of aromatic nitrogens is 2. The van der Waals surface area contributed by atoms with Crippen LogP contribution >= 0.6 is 11.3 Å². The molecule has 0 spiro atoms. The first-order chi connectivity index (χ1) is 11.2. The lowest BCUT2D eigenvalue weighted by atomic mass is 9.80. The summed E-state index contributed by atoms with van der Waals surface area (Å²) >= 11 is 1.66. The highest BCUT2D eigenvalue weighted by molar-refractivity contribution is 7.15. The number of nitrogens with zero attached hydrogens (tertiary/aromatic N) is 3. The molecule has 0 unspecified atom stereocenters. The zero-order chi connectivity index (χ0) is 16.2. The Morgan fingerprint density at radius 1 is 1.39 bits per heavy atom. The Kier molecular flexibility index (Phi) is 5.20. The topological polar surface area (TPSA) is 53.7 Å². The molecule has 0 aliphatic heterocycles. The fraction of sp³-hybridized carbons (Fsp3) is 0.647. The molecule has 2 aromatic rings. The van der Waals surface area contributed by atoms with Crippen LogP contribution in [0.1, 0.15) is 45.2 Å². The van der Waals surface area contributed by atoms with Gasteiger partial charge in [0.05, 0.1) is 12.2 Å². The molecule has 1 saturated carbocycles. The third-order valence-electron chi connectivity index (χ3n) is 4.86. The highest BCUT2D eigenvalue weighted by atomic mass is 32.1. The molecule has 0 amide bonds. The van der Waals surface area contributed by atoms with Gasteiger partial charge in [-0.05, 0) is 37.5 Å². The van der Waals surface area contributed by atoms with Crippen molar-refractivity contribution in [1.82, 2.24) is 20.0 Å². The van der Waals surface area contributed by atoms with E-state index in [4.69, 9.17) is 0 Å². The van der Waals surface area contributed by atoms with Crippen LogP contribution in [-0.2, 0) is 6.54 Å². The largest absolute Gasteiger partial charge is 0.354 e. The summed E-state index contributed by atoms with van der Waals surface area (Å²) in [6.45, 7) is 5.39. The minimum absolute atomic E-state index is 0.543. The van der Waals surface area contributed by atoms with Gasteiger partial charge in [-0.2, -0.15) is 0 Å². The van der Waals surface area contributed by atoms with Gasteiger partial charge in [-0.25, -0.2) is 4.98 Å². The third-order valence-corrected chi connectivity index (χ3v) is 5.63. The first-order valence-corrected chi connectivity index (χ1v) is 9.42. The van der Waals surface area contributed by atoms with Gasteiger partial charge in [0.15, 0.2) is 10.9 Å². The van der Waals surface area contributed by atoms with Crippen LogP contribution in [0.3, 0.4) is 0 Å². The first kappa shape index (κ1) is 16.3. The molecule has 0 bridgehead atoms. The van der Waals surface area contributed by atoms with Gasteiger partial charge in [0.25, 0.3) is 0 Å². The standard InChI is InChI=1S/C17H27N5S/c1-12(2)13-4-6-14(7-5-13)20-16(18-3)19-10-15-11-22-8-9-23-17(22)21-15/h8-9,11-14H,4-7,10H2,1-3H3,(H2,18,19,20). The maximum absolute atomic E-state index is 4.59. The van der Waals surface area contributed by atoms with Crippen LogP contribution in [0.25, 0.3) is 4.96 Å². The van der Waals surface area contributed by atoms with Crippen LogP contribution in [0.15, 0.2) is 22.8 Å². The SMILES string of the molecule is CN=C(NCc1cn2ccsc2n1)NC1CCC(C(C)C)CC1. The number of hydrogen-bond donors (Lipinski definition) is 2. The molecule has 23 heavy (non-hydrogen) atoms. The van der Waals surface area contributed by atoms with Crippen molar-refractivity contribution >= 4 is 22.3 Å². The van der Waals surface area contributed by atoms with Crippen molar-refractivity contribution in [1.29, 1.82) is 0 Å². The van der Waals surface area contributed by atoms with Gasteiger partial charge in [-0.1, -0.05) is 13.8 Å². The summed E-state index contributed by atoms with van der Waals surface area (Å²) in [6, 6.07) is 0.543. The molecule has 0 radical (unpaired) electrons. The number of imidazole rings is 1. The van der Waals surface area contributed by atoms with E-state index in [0.717, 1.165) is 28.5 Å². The molecule has 1 fully saturated rings. The summed E-state index contributed by atoms with van der Waals surface area (Å²) in [5.74, 6) is 2.58. The Labute approximate surface area is 142 Å². The molecular weight excluding hydrogens is 306 g/mol. The van der Waals surface area contributed by atoms with Crippen LogP contribution in [0.4, 0.5) is 0 Å². The van der Waals surface area contributed by atoms with Gasteiger partial charge in [0.2, 0.25) is 0 Å². The monoisotopic (exact) mass is 333 g/mol. The van der Waals surface area contributed by atoms with E-state index in [9.17, 15) is 0 Å². The van der Waals surface area contributed by atoms with Crippen molar-refractivity contribution < 1.29 is 0 Å². The number of aliphatic imine (C=N–C) groups is 1. The highest BCUT2D eigenvalue weighted by Gasteiger charge is 2.23. The number of hydrogen-bond acceptors (Lipinski definition) is 3. The second-order valence-corrected chi connectivity index (χ2v) is 7.62. The molecule has 3 rings (SSSR count). The zero-order valence-electron chi connectivity index (χ0n) is 14.2. The van der Waals surface area contributed by atoms with Gasteiger partial charge in [0, 0.05) is 30.9 Å². The van der Waals surface area contributed by atoms with E-state index in [-0.39, 0.29) is 0 Å². The Morgan fingerprint density at radius 2 is 2.17 bits per heavy atom. The number of thiazole rings is 1. The average molecular weight is 334 g/mol.